The number of hydrogen-bond donors (Lipinski definition) is 6. The monoisotopic (exact) mass is 1000 g/mol. The van der Waals surface area contributed by atoms with Crippen molar-refractivity contribution < 1.29 is 49.3 Å². The fourth-order valence-corrected chi connectivity index (χ4v) is 8.93. The van der Waals surface area contributed by atoms with Crippen LogP contribution in [0, 0.1) is 0 Å². The van der Waals surface area contributed by atoms with Crippen LogP contribution >= 0.6 is 0 Å². The standard InChI is InChI=1S/C60H109NO10/c1-3-5-7-9-11-13-14-15-16-18-22-25-28-32-36-40-44-48-56(65)69-49-45-41-37-33-29-26-23-20-17-19-21-24-27-31-35-39-43-47-55(64)61-52(53(63)46-42-38-34-30-12-10-8-6-4-2)51-70-60-59(68)58(67)57(66)54(50-62)71-60/h11,13,15-17,20,42,46,52-54,57-60,62-63,66-68H,3-10,12,14,18-19,21-41,43-45,47-51H2,1-2H3,(H,61,64)/b13-11-,16-15-,20-17-,46-42+. The van der Waals surface area contributed by atoms with Crippen molar-refractivity contribution in [3.05, 3.63) is 48.6 Å². The third-order valence-corrected chi connectivity index (χ3v) is 13.7. The van der Waals surface area contributed by atoms with E-state index < -0.39 is 49.5 Å². The molecule has 1 rings (SSSR count). The van der Waals surface area contributed by atoms with Crippen molar-refractivity contribution in [1.29, 1.82) is 0 Å². The molecule has 0 saturated carbocycles. The fraction of sp³-hybridized carbons (Fsp3) is 0.833. The maximum atomic E-state index is 13.0. The first kappa shape index (κ1) is 66.6. The van der Waals surface area contributed by atoms with Crippen LogP contribution in [0.2, 0.25) is 0 Å². The smallest absolute Gasteiger partial charge is 0.305 e. The van der Waals surface area contributed by atoms with Crippen LogP contribution in [-0.2, 0) is 23.8 Å². The van der Waals surface area contributed by atoms with Crippen molar-refractivity contribution in [1.82, 2.24) is 5.32 Å². The molecule has 11 heteroatoms. The van der Waals surface area contributed by atoms with Gasteiger partial charge in [0.15, 0.2) is 6.29 Å². The lowest BCUT2D eigenvalue weighted by molar-refractivity contribution is -0.302. The predicted molar refractivity (Wildman–Crippen MR) is 292 cm³/mol. The number of unbranched alkanes of at least 4 members (excludes halogenated alkanes) is 30. The highest BCUT2D eigenvalue weighted by Crippen LogP contribution is 2.23. The Bertz CT molecular complexity index is 1320. The molecule has 11 nitrogen and oxygen atoms in total. The van der Waals surface area contributed by atoms with Crippen molar-refractivity contribution in [3.8, 4) is 0 Å². The summed E-state index contributed by atoms with van der Waals surface area (Å²) >= 11 is 0. The summed E-state index contributed by atoms with van der Waals surface area (Å²) in [6.07, 6.45) is 52.1. The molecular weight excluding hydrogens is 895 g/mol. The Kier molecular flexibility index (Phi) is 46.7. The van der Waals surface area contributed by atoms with Crippen LogP contribution in [0.3, 0.4) is 0 Å². The maximum absolute atomic E-state index is 13.0. The Balaban J connectivity index is 2.04. The average Bonchev–Trinajstić information content (AvgIpc) is 3.37. The number of nitrogens with one attached hydrogen (secondary N) is 1. The number of ether oxygens (including phenoxy) is 3. The molecule has 0 radical (unpaired) electrons. The summed E-state index contributed by atoms with van der Waals surface area (Å²) in [6, 6.07) is -0.818. The summed E-state index contributed by atoms with van der Waals surface area (Å²) in [4.78, 5) is 25.1. The predicted octanol–water partition coefficient (Wildman–Crippen LogP) is 13.3. The molecule has 7 atom stereocenters. The zero-order valence-electron chi connectivity index (χ0n) is 45.4. The van der Waals surface area contributed by atoms with Gasteiger partial charge < -0.3 is 45.1 Å². The summed E-state index contributed by atoms with van der Waals surface area (Å²) in [7, 11) is 0. The number of aliphatic hydroxyl groups excluding tert-OH is 5. The number of aliphatic hydroxyl groups is 5. The topological polar surface area (TPSA) is 175 Å². The number of esters is 1. The molecule has 414 valence electrons. The molecule has 0 aliphatic carbocycles. The molecule has 1 heterocycles. The van der Waals surface area contributed by atoms with Gasteiger partial charge in [-0.1, -0.05) is 204 Å². The Labute approximate surface area is 434 Å². The van der Waals surface area contributed by atoms with E-state index in [0.29, 0.717) is 19.4 Å². The Morgan fingerprint density at radius 3 is 1.46 bits per heavy atom. The van der Waals surface area contributed by atoms with Gasteiger partial charge in [0, 0.05) is 12.8 Å². The lowest BCUT2D eigenvalue weighted by Gasteiger charge is -2.40. The van der Waals surface area contributed by atoms with Crippen LogP contribution in [0.25, 0.3) is 0 Å². The van der Waals surface area contributed by atoms with Crippen LogP contribution < -0.4 is 5.32 Å². The number of carbonyl (C=O) groups excluding carboxylic acids is 2. The van der Waals surface area contributed by atoms with E-state index in [9.17, 15) is 35.1 Å². The largest absolute Gasteiger partial charge is 0.466 e. The Morgan fingerprint density at radius 2 is 0.944 bits per heavy atom. The van der Waals surface area contributed by atoms with Gasteiger partial charge in [0.05, 0.1) is 32.0 Å². The second kappa shape index (κ2) is 49.8. The van der Waals surface area contributed by atoms with E-state index in [1.165, 1.54) is 141 Å². The van der Waals surface area contributed by atoms with Gasteiger partial charge in [0.1, 0.15) is 24.4 Å². The van der Waals surface area contributed by atoms with E-state index in [4.69, 9.17) is 14.2 Å². The van der Waals surface area contributed by atoms with Crippen LogP contribution in [-0.4, -0.2) is 100 Å². The van der Waals surface area contributed by atoms with Gasteiger partial charge in [0.2, 0.25) is 5.91 Å². The van der Waals surface area contributed by atoms with Crippen LogP contribution in [0.5, 0.6) is 0 Å². The molecule has 0 bridgehead atoms. The number of amides is 1. The second-order valence-corrected chi connectivity index (χ2v) is 20.3. The van der Waals surface area contributed by atoms with E-state index in [-0.39, 0.29) is 18.5 Å². The van der Waals surface area contributed by atoms with E-state index in [0.717, 1.165) is 89.9 Å². The minimum atomic E-state index is -1.58. The molecule has 7 unspecified atom stereocenters. The molecule has 1 aliphatic heterocycles. The maximum Gasteiger partial charge on any atom is 0.305 e. The normalized spacial score (nSPS) is 19.5. The van der Waals surface area contributed by atoms with Gasteiger partial charge in [-0.25, -0.2) is 0 Å². The van der Waals surface area contributed by atoms with Crippen molar-refractivity contribution in [2.75, 3.05) is 19.8 Å². The summed E-state index contributed by atoms with van der Waals surface area (Å²) in [5, 5.41) is 54.2. The highest BCUT2D eigenvalue weighted by Gasteiger charge is 2.44. The zero-order valence-corrected chi connectivity index (χ0v) is 45.4. The van der Waals surface area contributed by atoms with E-state index in [1.54, 1.807) is 6.08 Å². The van der Waals surface area contributed by atoms with Gasteiger partial charge in [0.25, 0.3) is 0 Å². The molecule has 0 aromatic rings. The first-order valence-corrected chi connectivity index (χ1v) is 29.4. The minimum Gasteiger partial charge on any atom is -0.466 e. The van der Waals surface area contributed by atoms with Crippen LogP contribution in [0.15, 0.2) is 48.6 Å². The third kappa shape index (κ3) is 39.7. The molecule has 0 aromatic heterocycles. The van der Waals surface area contributed by atoms with Gasteiger partial charge in [-0.15, -0.1) is 0 Å². The highest BCUT2D eigenvalue weighted by molar-refractivity contribution is 5.76. The van der Waals surface area contributed by atoms with Gasteiger partial charge in [-0.05, 0) is 89.9 Å². The second-order valence-electron chi connectivity index (χ2n) is 20.3. The average molecular weight is 1000 g/mol. The Hall–Kier alpha value is -2.38. The Morgan fingerprint density at radius 1 is 0.521 bits per heavy atom. The SMILES string of the molecule is CCCCC/C=C\C/C=C\CCCCCCCCCC(=O)OCCCCCCCC/C=C\CCCCCCCCCC(=O)NC(COC1OC(CO)C(O)C(O)C1O)C(O)/C=C/CCCCCCCCC. The lowest BCUT2D eigenvalue weighted by Crippen LogP contribution is -2.60. The number of allylic oxidation sites excluding steroid dienone is 7. The minimum absolute atomic E-state index is 0.0271. The molecular formula is C60H109NO10. The van der Waals surface area contributed by atoms with Crippen LogP contribution in [0.4, 0.5) is 0 Å². The number of rotatable bonds is 50. The van der Waals surface area contributed by atoms with Gasteiger partial charge in [-0.3, -0.25) is 9.59 Å². The zero-order chi connectivity index (χ0) is 51.7. The summed E-state index contributed by atoms with van der Waals surface area (Å²) in [6.45, 7) is 4.25. The molecule has 71 heavy (non-hydrogen) atoms. The quantitative estimate of drug-likeness (QED) is 0.0195. The van der Waals surface area contributed by atoms with E-state index >= 15 is 0 Å². The van der Waals surface area contributed by atoms with Crippen molar-refractivity contribution >= 4 is 11.9 Å². The number of hydrogen-bond acceptors (Lipinski definition) is 10. The van der Waals surface area contributed by atoms with Crippen molar-refractivity contribution in [3.63, 3.8) is 0 Å². The van der Waals surface area contributed by atoms with Gasteiger partial charge in [-0.2, -0.15) is 0 Å². The lowest BCUT2D eigenvalue weighted by atomic mass is 9.99. The molecule has 6 N–H and O–H groups in total. The highest BCUT2D eigenvalue weighted by atomic mass is 16.7. The van der Waals surface area contributed by atoms with Crippen molar-refractivity contribution in [2.24, 2.45) is 0 Å². The van der Waals surface area contributed by atoms with Crippen LogP contribution in [0.1, 0.15) is 258 Å². The third-order valence-electron chi connectivity index (χ3n) is 13.7. The van der Waals surface area contributed by atoms with E-state index in [2.05, 4.69) is 55.6 Å². The first-order valence-electron chi connectivity index (χ1n) is 29.4. The molecule has 0 aromatic carbocycles. The summed E-state index contributed by atoms with van der Waals surface area (Å²) in [5.74, 6) is -0.224. The first-order chi connectivity index (χ1) is 34.7. The number of carbonyl (C=O) groups is 2. The molecule has 1 amide bonds. The molecule has 1 aliphatic rings. The summed E-state index contributed by atoms with van der Waals surface area (Å²) < 4.78 is 16.7. The molecule has 1 fully saturated rings. The van der Waals surface area contributed by atoms with Gasteiger partial charge >= 0.3 is 5.97 Å². The van der Waals surface area contributed by atoms with Crippen molar-refractivity contribution in [2.45, 2.75) is 301 Å². The summed E-state index contributed by atoms with van der Waals surface area (Å²) in [5.41, 5.74) is 0. The van der Waals surface area contributed by atoms with E-state index in [1.807, 2.05) is 6.08 Å². The fourth-order valence-electron chi connectivity index (χ4n) is 8.93. The molecule has 0 spiro atoms. The molecule has 1 saturated heterocycles.